The molecule has 0 atom stereocenters. The summed E-state index contributed by atoms with van der Waals surface area (Å²) in [6, 6.07) is 6.65. The fourth-order valence-corrected chi connectivity index (χ4v) is 1.31. The van der Waals surface area contributed by atoms with Crippen molar-refractivity contribution in [1.82, 2.24) is 0 Å². The molecule has 0 amide bonds. The van der Waals surface area contributed by atoms with Gasteiger partial charge in [0.05, 0.1) is 5.69 Å². The molecule has 0 bridgehead atoms. The van der Waals surface area contributed by atoms with Crippen LogP contribution < -0.4 is 4.90 Å². The van der Waals surface area contributed by atoms with Gasteiger partial charge in [0, 0.05) is 19.5 Å². The number of halogens is 2. The highest BCUT2D eigenvalue weighted by Gasteiger charge is 2.06. The second-order valence-corrected chi connectivity index (χ2v) is 3.46. The van der Waals surface area contributed by atoms with Crippen molar-refractivity contribution in [3.8, 4) is 0 Å². The molecule has 1 nitrogen and oxygen atoms in total. The Labute approximate surface area is 88.8 Å². The van der Waals surface area contributed by atoms with Gasteiger partial charge in [0.25, 0.3) is 0 Å². The maximum atomic E-state index is 13.3. The Bertz CT molecular complexity index is 325. The third kappa shape index (κ3) is 2.74. The third-order valence-corrected chi connectivity index (χ3v) is 2.29. The Balaban J connectivity index is 2.74. The van der Waals surface area contributed by atoms with E-state index in [4.69, 9.17) is 11.6 Å². The number of hydrogen-bond donors (Lipinski definition) is 0. The maximum absolute atomic E-state index is 13.3. The van der Waals surface area contributed by atoms with Crippen molar-refractivity contribution in [3.63, 3.8) is 0 Å². The van der Waals surface area contributed by atoms with Crippen LogP contribution in [0.4, 0.5) is 10.1 Å². The first-order chi connectivity index (χ1) is 6.65. The summed E-state index contributed by atoms with van der Waals surface area (Å²) in [5, 5.41) is 0. The van der Waals surface area contributed by atoms with Gasteiger partial charge in [-0.2, -0.15) is 0 Å². The molecule has 0 heterocycles. The predicted octanol–water partition coefficient (Wildman–Crippen LogP) is 3.06. The van der Waals surface area contributed by atoms with E-state index in [0.29, 0.717) is 18.1 Å². The number of alkyl halides is 1. The van der Waals surface area contributed by atoms with Crippen LogP contribution in [0.15, 0.2) is 36.4 Å². The minimum Gasteiger partial charge on any atom is -0.368 e. The Morgan fingerprint density at radius 3 is 2.71 bits per heavy atom. The van der Waals surface area contributed by atoms with Crippen LogP contribution in [0.3, 0.4) is 0 Å². The van der Waals surface area contributed by atoms with Crippen LogP contribution in [0, 0.1) is 5.82 Å². The van der Waals surface area contributed by atoms with Crippen LogP contribution in [0.1, 0.15) is 0 Å². The van der Waals surface area contributed by atoms with Crippen LogP contribution in [0.5, 0.6) is 0 Å². The molecule has 0 N–H and O–H groups in total. The topological polar surface area (TPSA) is 3.24 Å². The van der Waals surface area contributed by atoms with Crippen LogP contribution in [-0.4, -0.2) is 19.5 Å². The molecular weight excluding hydrogens is 201 g/mol. The molecule has 0 aliphatic heterocycles. The molecule has 3 heteroatoms. The first-order valence-corrected chi connectivity index (χ1v) is 4.87. The van der Waals surface area contributed by atoms with Crippen molar-refractivity contribution < 1.29 is 4.39 Å². The molecule has 14 heavy (non-hydrogen) atoms. The van der Waals surface area contributed by atoms with Crippen LogP contribution in [-0.2, 0) is 0 Å². The Morgan fingerprint density at radius 1 is 1.50 bits per heavy atom. The first-order valence-electron chi connectivity index (χ1n) is 4.33. The van der Waals surface area contributed by atoms with Crippen LogP contribution in [0.2, 0.25) is 0 Å². The van der Waals surface area contributed by atoms with E-state index in [1.807, 2.05) is 7.05 Å². The van der Waals surface area contributed by atoms with Crippen molar-refractivity contribution >= 4 is 17.3 Å². The van der Waals surface area contributed by atoms with Crippen molar-refractivity contribution in [3.05, 3.63) is 42.2 Å². The lowest BCUT2D eigenvalue weighted by atomic mass is 10.2. The normalized spacial score (nSPS) is 9.93. The lowest BCUT2D eigenvalue weighted by Gasteiger charge is -2.20. The smallest absolute Gasteiger partial charge is 0.146 e. The lowest BCUT2D eigenvalue weighted by molar-refractivity contribution is 0.624. The number of anilines is 1. The van der Waals surface area contributed by atoms with E-state index < -0.39 is 0 Å². The number of benzene rings is 1. The van der Waals surface area contributed by atoms with Gasteiger partial charge >= 0.3 is 0 Å². The van der Waals surface area contributed by atoms with Gasteiger partial charge in [-0.1, -0.05) is 18.7 Å². The van der Waals surface area contributed by atoms with Gasteiger partial charge in [0.2, 0.25) is 0 Å². The van der Waals surface area contributed by atoms with Crippen molar-refractivity contribution in [2.24, 2.45) is 0 Å². The van der Waals surface area contributed by atoms with E-state index in [0.717, 1.165) is 5.57 Å². The molecule has 0 spiro atoms. The number of hydrogen-bond acceptors (Lipinski definition) is 1. The fourth-order valence-electron chi connectivity index (χ4n) is 1.22. The average molecular weight is 214 g/mol. The molecule has 1 aromatic carbocycles. The molecule has 0 unspecified atom stereocenters. The summed E-state index contributed by atoms with van der Waals surface area (Å²) < 4.78 is 13.3. The van der Waals surface area contributed by atoms with Gasteiger partial charge in [0.1, 0.15) is 5.82 Å². The summed E-state index contributed by atoms with van der Waals surface area (Å²) in [7, 11) is 1.82. The third-order valence-electron chi connectivity index (χ3n) is 1.91. The van der Waals surface area contributed by atoms with Crippen molar-refractivity contribution in [2.75, 3.05) is 24.4 Å². The summed E-state index contributed by atoms with van der Waals surface area (Å²) in [5.74, 6) is 0.177. The van der Waals surface area contributed by atoms with Gasteiger partial charge < -0.3 is 4.90 Å². The summed E-state index contributed by atoms with van der Waals surface area (Å²) in [6.45, 7) is 4.35. The highest BCUT2D eigenvalue weighted by atomic mass is 35.5. The zero-order valence-corrected chi connectivity index (χ0v) is 8.89. The fraction of sp³-hybridized carbons (Fsp3) is 0.273. The van der Waals surface area contributed by atoms with Crippen LogP contribution >= 0.6 is 11.6 Å². The quantitative estimate of drug-likeness (QED) is 0.549. The highest BCUT2D eigenvalue weighted by Crippen LogP contribution is 2.17. The Kier molecular flexibility index (Phi) is 3.96. The molecule has 1 aromatic rings. The van der Waals surface area contributed by atoms with Crippen LogP contribution in [0.25, 0.3) is 0 Å². The van der Waals surface area contributed by atoms with Gasteiger partial charge in [-0.25, -0.2) is 4.39 Å². The zero-order valence-electron chi connectivity index (χ0n) is 8.13. The first kappa shape index (κ1) is 11.1. The molecule has 76 valence electrons. The van der Waals surface area contributed by atoms with E-state index in [1.54, 1.807) is 23.1 Å². The maximum Gasteiger partial charge on any atom is 0.146 e. The molecule has 0 aliphatic rings. The lowest BCUT2D eigenvalue weighted by Crippen LogP contribution is -2.21. The average Bonchev–Trinajstić information content (AvgIpc) is 2.18. The standard InChI is InChI=1S/C11H13ClFN/c1-9(7-12)8-14(2)11-6-4-3-5-10(11)13/h3-6H,1,7-8H2,2H3. The largest absolute Gasteiger partial charge is 0.368 e. The molecule has 0 aliphatic carbocycles. The van der Waals surface area contributed by atoms with Gasteiger partial charge in [-0.3, -0.25) is 0 Å². The molecule has 0 aromatic heterocycles. The van der Waals surface area contributed by atoms with Gasteiger partial charge in [-0.05, 0) is 17.7 Å². The van der Waals surface area contributed by atoms with E-state index in [9.17, 15) is 4.39 Å². The molecular formula is C11H13ClFN. The monoisotopic (exact) mass is 213 g/mol. The predicted molar refractivity (Wildman–Crippen MR) is 59.5 cm³/mol. The Hall–Kier alpha value is -1.02. The van der Waals surface area contributed by atoms with E-state index in [2.05, 4.69) is 6.58 Å². The second kappa shape index (κ2) is 5.01. The van der Waals surface area contributed by atoms with E-state index >= 15 is 0 Å². The summed E-state index contributed by atoms with van der Waals surface area (Å²) >= 11 is 5.60. The minimum atomic E-state index is -0.225. The van der Waals surface area contributed by atoms with Gasteiger partial charge in [0.15, 0.2) is 0 Å². The van der Waals surface area contributed by atoms with Gasteiger partial charge in [-0.15, -0.1) is 11.6 Å². The summed E-state index contributed by atoms with van der Waals surface area (Å²) in [5.41, 5.74) is 1.44. The number of para-hydroxylation sites is 1. The zero-order chi connectivity index (χ0) is 10.6. The highest BCUT2D eigenvalue weighted by molar-refractivity contribution is 6.19. The number of rotatable bonds is 4. The number of likely N-dealkylation sites (N-methyl/N-ethyl adjacent to an activating group) is 1. The molecule has 0 fully saturated rings. The van der Waals surface area contributed by atoms with Crippen molar-refractivity contribution in [1.29, 1.82) is 0 Å². The second-order valence-electron chi connectivity index (χ2n) is 3.19. The molecule has 0 saturated heterocycles. The summed E-state index contributed by atoms with van der Waals surface area (Å²) in [6.07, 6.45) is 0. The molecule has 0 saturated carbocycles. The van der Waals surface area contributed by atoms with E-state index in [1.165, 1.54) is 6.07 Å². The molecule has 1 rings (SSSR count). The van der Waals surface area contributed by atoms with Crippen molar-refractivity contribution in [2.45, 2.75) is 0 Å². The van der Waals surface area contributed by atoms with E-state index in [-0.39, 0.29) is 5.82 Å². The number of nitrogens with zero attached hydrogens (tertiary/aromatic N) is 1. The summed E-state index contributed by atoms with van der Waals surface area (Å²) in [4.78, 5) is 1.79. The minimum absolute atomic E-state index is 0.225. The Morgan fingerprint density at radius 2 is 2.14 bits per heavy atom. The molecule has 0 radical (unpaired) electrons. The SMILES string of the molecule is C=C(CCl)CN(C)c1ccccc1F.